The van der Waals surface area contributed by atoms with Crippen LogP contribution >= 0.6 is 22.9 Å². The quantitative estimate of drug-likeness (QED) is 0.913. The Morgan fingerprint density at radius 2 is 2.20 bits per heavy atom. The van der Waals surface area contributed by atoms with Crippen LogP contribution in [0.3, 0.4) is 0 Å². The number of aromatic nitrogens is 1. The molecule has 0 bridgehead atoms. The summed E-state index contributed by atoms with van der Waals surface area (Å²) in [5.41, 5.74) is 0. The van der Waals surface area contributed by atoms with E-state index in [1.54, 1.807) is 12.3 Å². The van der Waals surface area contributed by atoms with Crippen molar-refractivity contribution in [1.29, 1.82) is 0 Å². The van der Waals surface area contributed by atoms with E-state index in [1.165, 1.54) is 30.6 Å². The lowest BCUT2D eigenvalue weighted by molar-refractivity contribution is 0.402. The van der Waals surface area contributed by atoms with Gasteiger partial charge in [-0.3, -0.25) is 0 Å². The van der Waals surface area contributed by atoms with Gasteiger partial charge in [0, 0.05) is 16.1 Å². The molecule has 1 heterocycles. The lowest BCUT2D eigenvalue weighted by Crippen LogP contribution is -2.23. The average Bonchev–Trinajstić information content (AvgIpc) is 2.82. The van der Waals surface area contributed by atoms with Crippen LogP contribution in [0, 0.1) is 6.92 Å². The normalized spacial score (nSPS) is 11.6. The molecule has 108 valence electrons. The maximum atomic E-state index is 12.3. The number of sulfonamides is 1. The first-order valence-electron chi connectivity index (χ1n) is 5.67. The molecule has 0 amide bonds. The molecule has 20 heavy (non-hydrogen) atoms. The monoisotopic (exact) mass is 332 g/mol. The Labute approximate surface area is 126 Å². The van der Waals surface area contributed by atoms with Gasteiger partial charge in [-0.05, 0) is 25.1 Å². The summed E-state index contributed by atoms with van der Waals surface area (Å²) >= 11 is 7.28. The number of rotatable bonds is 5. The highest BCUT2D eigenvalue weighted by molar-refractivity contribution is 7.89. The number of nitrogens with one attached hydrogen (secondary N) is 1. The van der Waals surface area contributed by atoms with E-state index in [9.17, 15) is 8.42 Å². The maximum absolute atomic E-state index is 12.3. The smallest absolute Gasteiger partial charge is 0.244 e. The van der Waals surface area contributed by atoms with Crippen LogP contribution in [0.1, 0.15) is 9.88 Å². The molecule has 2 aromatic rings. The number of hydrogen-bond acceptors (Lipinski definition) is 5. The van der Waals surface area contributed by atoms with Crippen molar-refractivity contribution in [2.75, 3.05) is 7.11 Å². The maximum Gasteiger partial charge on any atom is 0.244 e. The topological polar surface area (TPSA) is 68.3 Å². The lowest BCUT2D eigenvalue weighted by Gasteiger charge is -2.10. The number of halogens is 1. The third-order valence-corrected chi connectivity index (χ3v) is 5.07. The Kier molecular flexibility index (Phi) is 4.64. The van der Waals surface area contributed by atoms with Gasteiger partial charge in [0.25, 0.3) is 0 Å². The zero-order chi connectivity index (χ0) is 14.8. The number of methoxy groups -OCH3 is 1. The molecule has 0 saturated carbocycles. The highest BCUT2D eigenvalue weighted by Crippen LogP contribution is 2.27. The third kappa shape index (κ3) is 3.49. The Balaban J connectivity index is 2.24. The standard InChI is InChI=1S/C12H13ClN2O3S2/c1-8-6-14-12(19-8)7-15-20(16,17)11-5-9(13)3-4-10(11)18-2/h3-6,15H,7H2,1-2H3. The van der Waals surface area contributed by atoms with Gasteiger partial charge in [-0.2, -0.15) is 0 Å². The van der Waals surface area contributed by atoms with Crippen molar-refractivity contribution in [2.45, 2.75) is 18.4 Å². The molecule has 0 radical (unpaired) electrons. The molecule has 0 unspecified atom stereocenters. The fraction of sp³-hybridized carbons (Fsp3) is 0.250. The fourth-order valence-corrected chi connectivity index (χ4v) is 3.81. The Bertz CT molecular complexity index is 713. The first kappa shape index (κ1) is 15.2. The summed E-state index contributed by atoms with van der Waals surface area (Å²) in [6.07, 6.45) is 1.70. The molecular weight excluding hydrogens is 320 g/mol. The average molecular weight is 333 g/mol. The SMILES string of the molecule is COc1ccc(Cl)cc1S(=O)(=O)NCc1ncc(C)s1. The number of nitrogens with zero attached hydrogens (tertiary/aromatic N) is 1. The van der Waals surface area contributed by atoms with Crippen molar-refractivity contribution in [3.8, 4) is 5.75 Å². The summed E-state index contributed by atoms with van der Waals surface area (Å²) in [6.45, 7) is 2.05. The third-order valence-electron chi connectivity index (χ3n) is 2.50. The van der Waals surface area contributed by atoms with Gasteiger partial charge in [-0.25, -0.2) is 18.1 Å². The predicted octanol–water partition coefficient (Wildman–Crippen LogP) is 2.59. The summed E-state index contributed by atoms with van der Waals surface area (Å²) in [5.74, 6) is 0.247. The molecule has 5 nitrogen and oxygen atoms in total. The van der Waals surface area contributed by atoms with E-state index < -0.39 is 10.0 Å². The van der Waals surface area contributed by atoms with Crippen molar-refractivity contribution >= 4 is 33.0 Å². The minimum atomic E-state index is -3.71. The Morgan fingerprint density at radius 1 is 1.45 bits per heavy atom. The number of hydrogen-bond donors (Lipinski definition) is 1. The molecule has 0 saturated heterocycles. The van der Waals surface area contributed by atoms with Crippen LogP contribution in [-0.2, 0) is 16.6 Å². The minimum absolute atomic E-state index is 0.0146. The van der Waals surface area contributed by atoms with Gasteiger partial charge in [0.2, 0.25) is 10.0 Å². The van der Waals surface area contributed by atoms with Gasteiger partial charge in [0.05, 0.1) is 13.7 Å². The zero-order valence-corrected chi connectivity index (χ0v) is 13.3. The molecule has 1 aromatic heterocycles. The van der Waals surface area contributed by atoms with Crippen molar-refractivity contribution in [1.82, 2.24) is 9.71 Å². The highest BCUT2D eigenvalue weighted by atomic mass is 35.5. The van der Waals surface area contributed by atoms with Crippen molar-refractivity contribution in [2.24, 2.45) is 0 Å². The summed E-state index contributed by atoms with van der Waals surface area (Å²) in [6, 6.07) is 4.45. The van der Waals surface area contributed by atoms with Gasteiger partial charge in [-0.15, -0.1) is 11.3 Å². The van der Waals surface area contributed by atoms with Crippen LogP contribution < -0.4 is 9.46 Å². The molecule has 0 atom stereocenters. The molecule has 8 heteroatoms. The van der Waals surface area contributed by atoms with Crippen molar-refractivity contribution in [3.05, 3.63) is 39.3 Å². The van der Waals surface area contributed by atoms with E-state index in [-0.39, 0.29) is 17.2 Å². The predicted molar refractivity (Wildman–Crippen MR) is 78.9 cm³/mol. The summed E-state index contributed by atoms with van der Waals surface area (Å²) in [7, 11) is -2.30. The van der Waals surface area contributed by atoms with E-state index in [0.717, 1.165) is 4.88 Å². The van der Waals surface area contributed by atoms with Crippen molar-refractivity contribution in [3.63, 3.8) is 0 Å². The first-order chi connectivity index (χ1) is 9.42. The summed E-state index contributed by atoms with van der Waals surface area (Å²) in [4.78, 5) is 5.15. The van der Waals surface area contributed by atoms with Crippen LogP contribution in [0.4, 0.5) is 0 Å². The zero-order valence-electron chi connectivity index (χ0n) is 10.9. The fourth-order valence-electron chi connectivity index (χ4n) is 1.58. The molecule has 0 aliphatic rings. The molecule has 2 rings (SSSR count). The molecule has 0 aliphatic carbocycles. The van der Waals surface area contributed by atoms with Crippen LogP contribution in [0.2, 0.25) is 5.02 Å². The number of aryl methyl sites for hydroxylation is 1. The molecule has 0 fully saturated rings. The van der Waals surface area contributed by atoms with Gasteiger partial charge >= 0.3 is 0 Å². The molecular formula is C12H13ClN2O3S2. The molecule has 0 aliphatic heterocycles. The van der Waals surface area contributed by atoms with Crippen LogP contribution in [0.25, 0.3) is 0 Å². The molecule has 0 spiro atoms. The number of benzene rings is 1. The van der Waals surface area contributed by atoms with Crippen LogP contribution in [-0.4, -0.2) is 20.5 Å². The largest absolute Gasteiger partial charge is 0.495 e. The summed E-state index contributed by atoms with van der Waals surface area (Å²) in [5, 5.41) is 1.03. The lowest BCUT2D eigenvalue weighted by atomic mass is 10.3. The van der Waals surface area contributed by atoms with Gasteiger partial charge in [0.15, 0.2) is 0 Å². The first-order valence-corrected chi connectivity index (χ1v) is 8.34. The number of ether oxygens (including phenoxy) is 1. The van der Waals surface area contributed by atoms with Crippen molar-refractivity contribution < 1.29 is 13.2 Å². The second-order valence-electron chi connectivity index (χ2n) is 3.98. The minimum Gasteiger partial charge on any atom is -0.495 e. The van der Waals surface area contributed by atoms with Crippen LogP contribution in [0.15, 0.2) is 29.3 Å². The Hall–Kier alpha value is -1.15. The van der Waals surface area contributed by atoms with E-state index in [2.05, 4.69) is 9.71 Å². The highest BCUT2D eigenvalue weighted by Gasteiger charge is 2.20. The molecule has 1 N–H and O–H groups in total. The van der Waals surface area contributed by atoms with E-state index >= 15 is 0 Å². The van der Waals surface area contributed by atoms with E-state index in [1.807, 2.05) is 6.92 Å². The van der Waals surface area contributed by atoms with Gasteiger partial charge < -0.3 is 4.74 Å². The van der Waals surface area contributed by atoms with Gasteiger partial charge in [0.1, 0.15) is 15.7 Å². The number of thiazole rings is 1. The van der Waals surface area contributed by atoms with Gasteiger partial charge in [-0.1, -0.05) is 11.6 Å². The second-order valence-corrected chi connectivity index (χ2v) is 7.48. The summed E-state index contributed by atoms with van der Waals surface area (Å²) < 4.78 is 32.1. The Morgan fingerprint density at radius 3 is 2.80 bits per heavy atom. The molecule has 1 aromatic carbocycles. The van der Waals surface area contributed by atoms with E-state index in [4.69, 9.17) is 16.3 Å². The van der Waals surface area contributed by atoms with Crippen LogP contribution in [0.5, 0.6) is 5.75 Å². The second kappa shape index (κ2) is 6.09. The van der Waals surface area contributed by atoms with E-state index in [0.29, 0.717) is 10.0 Å².